The van der Waals surface area contributed by atoms with E-state index >= 15 is 0 Å². The molecule has 31 heavy (non-hydrogen) atoms. The number of amides is 1. The summed E-state index contributed by atoms with van der Waals surface area (Å²) in [5.41, 5.74) is 1.53. The normalized spacial score (nSPS) is 15.4. The first-order valence-electron chi connectivity index (χ1n) is 9.52. The second-order valence-electron chi connectivity index (χ2n) is 7.04. The molecule has 0 saturated heterocycles. The van der Waals surface area contributed by atoms with Crippen molar-refractivity contribution in [1.29, 1.82) is 0 Å². The van der Waals surface area contributed by atoms with Crippen molar-refractivity contribution in [3.05, 3.63) is 71.2 Å². The number of aliphatic hydroxyl groups is 1. The fourth-order valence-electron chi connectivity index (χ4n) is 3.23. The lowest BCUT2D eigenvalue weighted by Gasteiger charge is -2.33. The summed E-state index contributed by atoms with van der Waals surface area (Å²) < 4.78 is 13.4. The van der Waals surface area contributed by atoms with Crippen molar-refractivity contribution in [3.63, 3.8) is 0 Å². The molecule has 1 aliphatic rings. The van der Waals surface area contributed by atoms with Gasteiger partial charge < -0.3 is 26.0 Å². The number of benzene rings is 2. The van der Waals surface area contributed by atoms with Crippen molar-refractivity contribution in [2.24, 2.45) is 0 Å². The first-order valence-corrected chi connectivity index (χ1v) is 9.52. The fraction of sp³-hybridized carbons (Fsp3) is 0.190. The van der Waals surface area contributed by atoms with Crippen LogP contribution in [0.3, 0.4) is 0 Å². The van der Waals surface area contributed by atoms with Gasteiger partial charge in [0.15, 0.2) is 11.5 Å². The third kappa shape index (κ3) is 4.48. The number of anilines is 2. The Labute approximate surface area is 176 Å². The van der Waals surface area contributed by atoms with Crippen LogP contribution in [0.1, 0.15) is 21.5 Å². The van der Waals surface area contributed by atoms with Crippen molar-refractivity contribution in [1.82, 2.24) is 14.9 Å². The summed E-state index contributed by atoms with van der Waals surface area (Å²) in [6, 6.07) is 10.4. The zero-order chi connectivity index (χ0) is 22.0. The molecule has 2 heterocycles. The Morgan fingerprint density at radius 3 is 2.74 bits per heavy atom. The Bertz CT molecular complexity index is 1130. The Balaban J connectivity index is 1.42. The van der Waals surface area contributed by atoms with Crippen LogP contribution in [0.4, 0.5) is 16.2 Å². The SMILES string of the molecule is O=C1c2cnc(NCCc3ccc(O)c(O)c3)nc2NC(O)N1Cc1cccc(F)c1. The van der Waals surface area contributed by atoms with Gasteiger partial charge in [-0.2, -0.15) is 4.98 Å². The number of carbonyl (C=O) groups excluding carboxylic acids is 1. The highest BCUT2D eigenvalue weighted by atomic mass is 19.1. The predicted molar refractivity (Wildman–Crippen MR) is 110 cm³/mol. The van der Waals surface area contributed by atoms with E-state index in [-0.39, 0.29) is 35.4 Å². The van der Waals surface area contributed by atoms with Gasteiger partial charge in [0.25, 0.3) is 5.91 Å². The van der Waals surface area contributed by atoms with Crippen LogP contribution in [0.15, 0.2) is 48.7 Å². The van der Waals surface area contributed by atoms with Gasteiger partial charge >= 0.3 is 0 Å². The van der Waals surface area contributed by atoms with Crippen molar-refractivity contribution in [3.8, 4) is 11.5 Å². The number of hydrogen-bond donors (Lipinski definition) is 5. The van der Waals surface area contributed by atoms with Crippen LogP contribution in [0.2, 0.25) is 0 Å². The molecule has 5 N–H and O–H groups in total. The van der Waals surface area contributed by atoms with Crippen LogP contribution >= 0.6 is 0 Å². The standard InChI is InChI=1S/C21H20FN5O4/c22-14-3-1-2-13(8-14)11-27-19(30)15-10-24-20(25-18(15)26-21(27)31)23-7-6-12-4-5-16(28)17(29)9-12/h1-5,8-10,21,28-29,31H,6-7,11H2,(H2,23,24,25,26). The van der Waals surface area contributed by atoms with E-state index in [1.165, 1.54) is 36.5 Å². The monoisotopic (exact) mass is 425 g/mol. The van der Waals surface area contributed by atoms with Crippen molar-refractivity contribution >= 4 is 17.7 Å². The van der Waals surface area contributed by atoms with Crippen LogP contribution in [0.5, 0.6) is 11.5 Å². The van der Waals surface area contributed by atoms with Gasteiger partial charge in [-0.3, -0.25) is 9.69 Å². The quantitative estimate of drug-likeness (QED) is 0.379. The molecule has 1 unspecified atom stereocenters. The van der Waals surface area contributed by atoms with Gasteiger partial charge in [0.05, 0.1) is 6.54 Å². The van der Waals surface area contributed by atoms with Gasteiger partial charge in [-0.15, -0.1) is 0 Å². The number of aromatic hydroxyl groups is 2. The van der Waals surface area contributed by atoms with E-state index in [2.05, 4.69) is 20.6 Å². The van der Waals surface area contributed by atoms with Gasteiger partial charge in [0.1, 0.15) is 17.2 Å². The van der Waals surface area contributed by atoms with Gasteiger partial charge in [0.2, 0.25) is 12.3 Å². The molecule has 1 aromatic heterocycles. The maximum absolute atomic E-state index is 13.4. The van der Waals surface area contributed by atoms with Crippen molar-refractivity contribution < 1.29 is 24.5 Å². The third-order valence-corrected chi connectivity index (χ3v) is 4.82. The minimum Gasteiger partial charge on any atom is -0.504 e. The molecule has 4 rings (SSSR count). The van der Waals surface area contributed by atoms with E-state index in [0.717, 1.165) is 10.5 Å². The molecule has 160 valence electrons. The molecule has 1 atom stereocenters. The number of hydrogen-bond acceptors (Lipinski definition) is 8. The highest BCUT2D eigenvalue weighted by Crippen LogP contribution is 2.26. The lowest BCUT2D eigenvalue weighted by atomic mass is 10.1. The average molecular weight is 425 g/mol. The molecule has 9 nitrogen and oxygen atoms in total. The van der Waals surface area contributed by atoms with E-state index in [9.17, 15) is 24.5 Å². The second-order valence-corrected chi connectivity index (χ2v) is 7.04. The lowest BCUT2D eigenvalue weighted by Crippen LogP contribution is -2.48. The largest absolute Gasteiger partial charge is 0.504 e. The minimum absolute atomic E-state index is 0.0175. The lowest BCUT2D eigenvalue weighted by molar-refractivity contribution is 0.0145. The van der Waals surface area contributed by atoms with E-state index < -0.39 is 18.1 Å². The van der Waals surface area contributed by atoms with Crippen LogP contribution < -0.4 is 10.6 Å². The smallest absolute Gasteiger partial charge is 0.262 e. The molecule has 2 aromatic carbocycles. The molecule has 0 spiro atoms. The van der Waals surface area contributed by atoms with E-state index in [0.29, 0.717) is 18.5 Å². The molecule has 1 amide bonds. The maximum atomic E-state index is 13.4. The highest BCUT2D eigenvalue weighted by Gasteiger charge is 2.32. The molecule has 1 aliphatic heterocycles. The van der Waals surface area contributed by atoms with E-state index in [1.54, 1.807) is 12.1 Å². The van der Waals surface area contributed by atoms with Crippen LogP contribution in [-0.4, -0.2) is 49.0 Å². The van der Waals surface area contributed by atoms with Gasteiger partial charge in [-0.05, 0) is 41.8 Å². The molecule has 0 saturated carbocycles. The number of aliphatic hydroxyl groups excluding tert-OH is 1. The molecule has 0 fully saturated rings. The molecule has 0 radical (unpaired) electrons. The van der Waals surface area contributed by atoms with E-state index in [4.69, 9.17) is 0 Å². The number of carbonyl (C=O) groups is 1. The predicted octanol–water partition coefficient (Wildman–Crippen LogP) is 2.03. The number of phenols is 2. The number of nitrogens with one attached hydrogen (secondary N) is 2. The van der Waals surface area contributed by atoms with Gasteiger partial charge in [-0.25, -0.2) is 9.37 Å². The van der Waals surface area contributed by atoms with Crippen LogP contribution in [0, 0.1) is 5.82 Å². The summed E-state index contributed by atoms with van der Waals surface area (Å²) >= 11 is 0. The van der Waals surface area contributed by atoms with Crippen molar-refractivity contribution in [2.45, 2.75) is 19.3 Å². The molecule has 3 aromatic rings. The van der Waals surface area contributed by atoms with Crippen LogP contribution in [-0.2, 0) is 13.0 Å². The number of fused-ring (bicyclic) bond motifs is 1. The summed E-state index contributed by atoms with van der Waals surface area (Å²) in [7, 11) is 0. The summed E-state index contributed by atoms with van der Waals surface area (Å²) in [6.07, 6.45) is 0.563. The maximum Gasteiger partial charge on any atom is 0.262 e. The Kier molecular flexibility index (Phi) is 5.54. The third-order valence-electron chi connectivity index (χ3n) is 4.82. The highest BCUT2D eigenvalue weighted by molar-refractivity contribution is 6.00. The molecule has 10 heteroatoms. The Morgan fingerprint density at radius 2 is 1.97 bits per heavy atom. The molecular formula is C21H20FN5O4. The summed E-state index contributed by atoms with van der Waals surface area (Å²) in [4.78, 5) is 22.3. The number of halogens is 1. The van der Waals surface area contributed by atoms with Gasteiger partial charge in [-0.1, -0.05) is 18.2 Å². The first-order chi connectivity index (χ1) is 14.9. The number of rotatable bonds is 6. The fourth-order valence-corrected chi connectivity index (χ4v) is 3.23. The first kappa shape index (κ1) is 20.4. The Morgan fingerprint density at radius 1 is 1.13 bits per heavy atom. The number of nitrogens with zero attached hydrogens (tertiary/aromatic N) is 3. The number of phenolic OH excluding ortho intramolecular Hbond substituents is 2. The second kappa shape index (κ2) is 8.44. The molecule has 0 aliphatic carbocycles. The minimum atomic E-state index is -1.33. The molecular weight excluding hydrogens is 405 g/mol. The summed E-state index contributed by atoms with van der Waals surface area (Å²) in [5, 5.41) is 35.0. The zero-order valence-electron chi connectivity index (χ0n) is 16.3. The topological polar surface area (TPSA) is 131 Å². The number of aromatic nitrogens is 2. The molecule has 0 bridgehead atoms. The van der Waals surface area contributed by atoms with Crippen molar-refractivity contribution in [2.75, 3.05) is 17.2 Å². The Hall–Kier alpha value is -3.92. The van der Waals surface area contributed by atoms with E-state index in [1.807, 2.05) is 0 Å². The average Bonchev–Trinajstić information content (AvgIpc) is 2.73. The van der Waals surface area contributed by atoms with Gasteiger partial charge in [0, 0.05) is 12.7 Å². The summed E-state index contributed by atoms with van der Waals surface area (Å²) in [6.45, 7) is 0.453. The summed E-state index contributed by atoms with van der Waals surface area (Å²) in [5.74, 6) is -0.832. The zero-order valence-corrected chi connectivity index (χ0v) is 16.3. The van der Waals surface area contributed by atoms with Crippen LogP contribution in [0.25, 0.3) is 0 Å².